The maximum Gasteiger partial charge on any atom is 0.165 e. The van der Waals surface area contributed by atoms with Crippen LogP contribution < -0.4 is 4.74 Å². The van der Waals surface area contributed by atoms with E-state index in [1.807, 2.05) is 0 Å². The number of ether oxygens (including phenoxy) is 1. The molecule has 0 amide bonds. The van der Waals surface area contributed by atoms with Gasteiger partial charge in [0.1, 0.15) is 5.75 Å². The van der Waals surface area contributed by atoms with Crippen LogP contribution in [0.15, 0.2) is 46.9 Å². The molecular formula is C14H10BrFO2. The molecule has 92 valence electrons. The SMILES string of the molecule is CC(=O)c1ccc(Br)cc1Oc1ccccc1F. The van der Waals surface area contributed by atoms with Gasteiger partial charge in [0.2, 0.25) is 0 Å². The Morgan fingerprint density at radius 3 is 2.56 bits per heavy atom. The van der Waals surface area contributed by atoms with Crippen molar-refractivity contribution in [2.45, 2.75) is 6.92 Å². The highest BCUT2D eigenvalue weighted by Gasteiger charge is 2.11. The minimum atomic E-state index is -0.466. The first-order valence-corrected chi connectivity index (χ1v) is 6.10. The number of hydrogen-bond donors (Lipinski definition) is 0. The van der Waals surface area contributed by atoms with E-state index in [9.17, 15) is 9.18 Å². The van der Waals surface area contributed by atoms with E-state index >= 15 is 0 Å². The smallest absolute Gasteiger partial charge is 0.165 e. The minimum Gasteiger partial charge on any atom is -0.453 e. The predicted octanol–water partition coefficient (Wildman–Crippen LogP) is 4.58. The average Bonchev–Trinajstić information content (AvgIpc) is 2.32. The molecule has 0 aliphatic heterocycles. The Balaban J connectivity index is 2.42. The molecular weight excluding hydrogens is 299 g/mol. The fourth-order valence-corrected chi connectivity index (χ4v) is 1.86. The molecule has 2 aromatic carbocycles. The fourth-order valence-electron chi connectivity index (χ4n) is 1.52. The molecule has 4 heteroatoms. The van der Waals surface area contributed by atoms with Crippen molar-refractivity contribution < 1.29 is 13.9 Å². The maximum atomic E-state index is 13.5. The van der Waals surface area contributed by atoms with E-state index in [0.717, 1.165) is 4.47 Å². The summed E-state index contributed by atoms with van der Waals surface area (Å²) in [4.78, 5) is 11.5. The third-order valence-electron chi connectivity index (χ3n) is 2.38. The normalized spacial score (nSPS) is 10.2. The van der Waals surface area contributed by atoms with E-state index in [2.05, 4.69) is 15.9 Å². The number of halogens is 2. The number of rotatable bonds is 3. The van der Waals surface area contributed by atoms with Crippen molar-refractivity contribution in [2.75, 3.05) is 0 Å². The first kappa shape index (κ1) is 12.8. The zero-order chi connectivity index (χ0) is 13.1. The molecule has 0 aromatic heterocycles. The Bertz CT molecular complexity index is 596. The number of benzene rings is 2. The lowest BCUT2D eigenvalue weighted by molar-refractivity contribution is 0.101. The van der Waals surface area contributed by atoms with Crippen molar-refractivity contribution in [3.8, 4) is 11.5 Å². The van der Waals surface area contributed by atoms with Crippen LogP contribution in [0.3, 0.4) is 0 Å². The van der Waals surface area contributed by atoms with Crippen LogP contribution in [-0.2, 0) is 0 Å². The van der Waals surface area contributed by atoms with Gasteiger partial charge in [-0.25, -0.2) is 4.39 Å². The molecule has 0 N–H and O–H groups in total. The first-order chi connectivity index (χ1) is 8.58. The monoisotopic (exact) mass is 308 g/mol. The summed E-state index contributed by atoms with van der Waals surface area (Å²) < 4.78 is 19.7. The second kappa shape index (κ2) is 5.31. The summed E-state index contributed by atoms with van der Waals surface area (Å²) in [5.74, 6) is -0.166. The summed E-state index contributed by atoms with van der Waals surface area (Å²) in [6.07, 6.45) is 0. The maximum absolute atomic E-state index is 13.5. The highest BCUT2D eigenvalue weighted by atomic mass is 79.9. The Labute approximate surface area is 113 Å². The van der Waals surface area contributed by atoms with Gasteiger partial charge in [0.05, 0.1) is 5.56 Å². The van der Waals surface area contributed by atoms with Crippen LogP contribution >= 0.6 is 15.9 Å². The highest BCUT2D eigenvalue weighted by molar-refractivity contribution is 9.10. The molecule has 0 bridgehead atoms. The fraction of sp³-hybridized carbons (Fsp3) is 0.0714. The second-order valence-electron chi connectivity index (χ2n) is 3.73. The molecule has 2 nitrogen and oxygen atoms in total. The van der Waals surface area contributed by atoms with E-state index in [4.69, 9.17) is 4.74 Å². The summed E-state index contributed by atoms with van der Waals surface area (Å²) in [6, 6.07) is 11.1. The van der Waals surface area contributed by atoms with Gasteiger partial charge in [0, 0.05) is 4.47 Å². The van der Waals surface area contributed by atoms with Gasteiger partial charge >= 0.3 is 0 Å². The van der Waals surface area contributed by atoms with E-state index in [1.54, 1.807) is 30.3 Å². The number of hydrogen-bond acceptors (Lipinski definition) is 2. The lowest BCUT2D eigenvalue weighted by Gasteiger charge is -2.10. The lowest BCUT2D eigenvalue weighted by atomic mass is 10.1. The quantitative estimate of drug-likeness (QED) is 0.776. The van der Waals surface area contributed by atoms with Gasteiger partial charge < -0.3 is 4.74 Å². The van der Waals surface area contributed by atoms with E-state index in [0.29, 0.717) is 11.3 Å². The highest BCUT2D eigenvalue weighted by Crippen LogP contribution is 2.30. The minimum absolute atomic E-state index is 0.0955. The molecule has 0 spiro atoms. The van der Waals surface area contributed by atoms with Crippen LogP contribution in [0.4, 0.5) is 4.39 Å². The third-order valence-corrected chi connectivity index (χ3v) is 2.87. The predicted molar refractivity (Wildman–Crippen MR) is 70.6 cm³/mol. The van der Waals surface area contributed by atoms with Crippen molar-refractivity contribution in [3.63, 3.8) is 0 Å². The summed E-state index contributed by atoms with van der Waals surface area (Å²) in [6.45, 7) is 1.44. The Hall–Kier alpha value is -1.68. The van der Waals surface area contributed by atoms with E-state index < -0.39 is 5.82 Å². The molecule has 0 atom stereocenters. The van der Waals surface area contributed by atoms with Crippen molar-refractivity contribution in [1.29, 1.82) is 0 Å². The molecule has 0 saturated carbocycles. The Kier molecular flexibility index (Phi) is 3.77. The number of carbonyl (C=O) groups excluding carboxylic acids is 1. The summed E-state index contributed by atoms with van der Waals surface area (Å²) in [5.41, 5.74) is 0.418. The van der Waals surface area contributed by atoms with Crippen LogP contribution in [0.25, 0.3) is 0 Å². The van der Waals surface area contributed by atoms with Gasteiger partial charge in [-0.2, -0.15) is 0 Å². The molecule has 0 aliphatic carbocycles. The summed E-state index contributed by atoms with van der Waals surface area (Å²) >= 11 is 3.29. The molecule has 2 rings (SSSR count). The molecule has 0 saturated heterocycles. The van der Waals surface area contributed by atoms with Gasteiger partial charge in [-0.05, 0) is 37.3 Å². The molecule has 2 aromatic rings. The number of carbonyl (C=O) groups is 1. The average molecular weight is 309 g/mol. The number of Topliss-reactive ketones (excluding diaryl/α,β-unsaturated/α-hetero) is 1. The second-order valence-corrected chi connectivity index (χ2v) is 4.64. The molecule has 0 unspecified atom stereocenters. The Morgan fingerprint density at radius 2 is 1.89 bits per heavy atom. The molecule has 0 radical (unpaired) electrons. The van der Waals surface area contributed by atoms with Crippen molar-refractivity contribution in [3.05, 3.63) is 58.3 Å². The van der Waals surface area contributed by atoms with Gasteiger partial charge in [-0.1, -0.05) is 28.1 Å². The summed E-state index contributed by atoms with van der Waals surface area (Å²) in [7, 11) is 0. The van der Waals surface area contributed by atoms with Gasteiger partial charge in [-0.3, -0.25) is 4.79 Å². The van der Waals surface area contributed by atoms with Crippen molar-refractivity contribution in [1.82, 2.24) is 0 Å². The molecule has 0 heterocycles. The molecule has 0 aliphatic rings. The topological polar surface area (TPSA) is 26.3 Å². The lowest BCUT2D eigenvalue weighted by Crippen LogP contribution is -1.98. The van der Waals surface area contributed by atoms with Gasteiger partial charge in [0.25, 0.3) is 0 Å². The van der Waals surface area contributed by atoms with Gasteiger partial charge in [0.15, 0.2) is 17.3 Å². The van der Waals surface area contributed by atoms with Crippen LogP contribution in [0.2, 0.25) is 0 Å². The third kappa shape index (κ3) is 2.76. The molecule has 0 fully saturated rings. The van der Waals surface area contributed by atoms with Crippen LogP contribution in [0.1, 0.15) is 17.3 Å². The standard InChI is InChI=1S/C14H10BrFO2/c1-9(17)11-7-6-10(15)8-14(11)18-13-5-3-2-4-12(13)16/h2-8H,1H3. The first-order valence-electron chi connectivity index (χ1n) is 5.31. The largest absolute Gasteiger partial charge is 0.453 e. The van der Waals surface area contributed by atoms with Crippen LogP contribution in [0, 0.1) is 5.82 Å². The zero-order valence-corrected chi connectivity index (χ0v) is 11.2. The van der Waals surface area contributed by atoms with Crippen LogP contribution in [0.5, 0.6) is 11.5 Å². The van der Waals surface area contributed by atoms with Crippen LogP contribution in [-0.4, -0.2) is 5.78 Å². The van der Waals surface area contributed by atoms with E-state index in [1.165, 1.54) is 19.1 Å². The van der Waals surface area contributed by atoms with Crippen molar-refractivity contribution in [2.24, 2.45) is 0 Å². The van der Waals surface area contributed by atoms with E-state index in [-0.39, 0.29) is 11.5 Å². The summed E-state index contributed by atoms with van der Waals surface area (Å²) in [5, 5.41) is 0. The molecule has 18 heavy (non-hydrogen) atoms. The zero-order valence-electron chi connectivity index (χ0n) is 9.61. The van der Waals surface area contributed by atoms with Crippen molar-refractivity contribution >= 4 is 21.7 Å². The number of ketones is 1. The number of para-hydroxylation sites is 1. The van der Waals surface area contributed by atoms with Gasteiger partial charge in [-0.15, -0.1) is 0 Å². The Morgan fingerprint density at radius 1 is 1.17 bits per heavy atom.